The first-order valence-corrected chi connectivity index (χ1v) is 13.9. The molecule has 210 valence electrons. The minimum Gasteiger partial charge on any atom is -0.378 e. The Labute approximate surface area is 241 Å². The molecule has 0 unspecified atom stereocenters. The number of anilines is 1. The summed E-state index contributed by atoms with van der Waals surface area (Å²) in [6.07, 6.45) is 3.51. The number of amides is 3. The molecule has 0 saturated carbocycles. The topological polar surface area (TPSA) is 122 Å². The number of aromatic nitrogens is 2. The number of primary amides is 1. The SMILES string of the molecule is Cc1ccc2c(c1)CN(c1cncc(-c3ccc(C(N)=O)c4[nH]c5cc(C(=O)N6CCOCC6)ccc5c34)c1C)C2=O. The summed E-state index contributed by atoms with van der Waals surface area (Å²) in [5.41, 5.74) is 14.1. The van der Waals surface area contributed by atoms with E-state index in [1.165, 1.54) is 0 Å². The van der Waals surface area contributed by atoms with Gasteiger partial charge in [0.1, 0.15) is 0 Å². The highest BCUT2D eigenvalue weighted by Crippen LogP contribution is 2.40. The first kappa shape index (κ1) is 25.9. The van der Waals surface area contributed by atoms with Crippen LogP contribution in [0.5, 0.6) is 0 Å². The van der Waals surface area contributed by atoms with Crippen LogP contribution in [0.3, 0.4) is 0 Å². The number of morpholine rings is 1. The molecule has 3 N–H and O–H groups in total. The number of nitrogens with one attached hydrogen (secondary N) is 1. The summed E-state index contributed by atoms with van der Waals surface area (Å²) in [4.78, 5) is 50.5. The molecule has 0 aliphatic carbocycles. The first-order chi connectivity index (χ1) is 20.3. The van der Waals surface area contributed by atoms with Crippen molar-refractivity contribution < 1.29 is 19.1 Å². The summed E-state index contributed by atoms with van der Waals surface area (Å²) >= 11 is 0. The van der Waals surface area contributed by atoms with Gasteiger partial charge in [-0.05, 0) is 54.8 Å². The monoisotopic (exact) mass is 559 g/mol. The van der Waals surface area contributed by atoms with E-state index in [9.17, 15) is 14.4 Å². The van der Waals surface area contributed by atoms with Crippen LogP contribution < -0.4 is 10.6 Å². The lowest BCUT2D eigenvalue weighted by molar-refractivity contribution is 0.0303. The molecule has 0 spiro atoms. The molecule has 1 fully saturated rings. The summed E-state index contributed by atoms with van der Waals surface area (Å²) in [5.74, 6) is -0.665. The number of nitrogens with two attached hydrogens (primary N) is 1. The molecule has 0 bridgehead atoms. The average molecular weight is 560 g/mol. The summed E-state index contributed by atoms with van der Waals surface area (Å²) in [6.45, 7) is 6.61. The van der Waals surface area contributed by atoms with Gasteiger partial charge in [0, 0.05) is 52.3 Å². The number of H-pyrrole nitrogens is 1. The number of hydrogen-bond acceptors (Lipinski definition) is 5. The highest BCUT2D eigenvalue weighted by atomic mass is 16.5. The van der Waals surface area contributed by atoms with Crippen molar-refractivity contribution in [1.82, 2.24) is 14.9 Å². The van der Waals surface area contributed by atoms with Gasteiger partial charge >= 0.3 is 0 Å². The zero-order valence-corrected chi connectivity index (χ0v) is 23.4. The van der Waals surface area contributed by atoms with Crippen molar-refractivity contribution >= 4 is 45.2 Å². The lowest BCUT2D eigenvalue weighted by Gasteiger charge is -2.26. The Morgan fingerprint density at radius 1 is 0.952 bits per heavy atom. The Morgan fingerprint density at radius 3 is 2.52 bits per heavy atom. The van der Waals surface area contributed by atoms with Crippen LogP contribution in [0.1, 0.15) is 47.8 Å². The average Bonchev–Trinajstić information content (AvgIpc) is 3.53. The number of benzene rings is 3. The Balaban J connectivity index is 1.36. The molecule has 5 aromatic rings. The number of aromatic amines is 1. The maximum Gasteiger partial charge on any atom is 0.258 e. The molecule has 7 rings (SSSR count). The van der Waals surface area contributed by atoms with Gasteiger partial charge in [-0.15, -0.1) is 0 Å². The minimum absolute atomic E-state index is 0.0502. The maximum absolute atomic E-state index is 13.4. The molecule has 0 radical (unpaired) electrons. The van der Waals surface area contributed by atoms with Crippen molar-refractivity contribution in [3.63, 3.8) is 0 Å². The molecule has 4 heterocycles. The number of nitrogens with zero attached hydrogens (tertiary/aromatic N) is 3. The number of carbonyl (C=O) groups is 3. The number of aryl methyl sites for hydroxylation is 1. The summed E-state index contributed by atoms with van der Waals surface area (Å²) < 4.78 is 5.39. The molecule has 9 nitrogen and oxygen atoms in total. The van der Waals surface area contributed by atoms with E-state index in [4.69, 9.17) is 10.5 Å². The summed E-state index contributed by atoms with van der Waals surface area (Å²) in [6, 6.07) is 15.0. The van der Waals surface area contributed by atoms with Crippen molar-refractivity contribution in [3.8, 4) is 11.1 Å². The molecular weight excluding hydrogens is 530 g/mol. The quantitative estimate of drug-likeness (QED) is 0.330. The van der Waals surface area contributed by atoms with Gasteiger partial charge in [0.2, 0.25) is 0 Å². The van der Waals surface area contributed by atoms with E-state index in [-0.39, 0.29) is 11.8 Å². The number of pyridine rings is 1. The van der Waals surface area contributed by atoms with Gasteiger partial charge in [-0.3, -0.25) is 19.4 Å². The van der Waals surface area contributed by atoms with Crippen LogP contribution in [-0.2, 0) is 11.3 Å². The number of carbonyl (C=O) groups excluding carboxylic acids is 3. The molecule has 3 amide bonds. The summed E-state index contributed by atoms with van der Waals surface area (Å²) in [7, 11) is 0. The third-order valence-electron chi connectivity index (χ3n) is 8.40. The van der Waals surface area contributed by atoms with Gasteiger partial charge in [-0.25, -0.2) is 0 Å². The van der Waals surface area contributed by atoms with E-state index in [1.54, 1.807) is 28.3 Å². The number of fused-ring (bicyclic) bond motifs is 4. The van der Waals surface area contributed by atoms with Gasteiger partial charge < -0.3 is 25.3 Å². The zero-order valence-electron chi connectivity index (χ0n) is 23.4. The fourth-order valence-electron chi connectivity index (χ4n) is 6.23. The van der Waals surface area contributed by atoms with E-state index < -0.39 is 5.91 Å². The predicted molar refractivity (Wildman–Crippen MR) is 161 cm³/mol. The molecule has 9 heteroatoms. The number of ether oxygens (including phenoxy) is 1. The van der Waals surface area contributed by atoms with E-state index in [1.807, 2.05) is 50.2 Å². The van der Waals surface area contributed by atoms with Crippen molar-refractivity contribution in [2.24, 2.45) is 5.73 Å². The molecule has 3 aromatic carbocycles. The maximum atomic E-state index is 13.4. The largest absolute Gasteiger partial charge is 0.378 e. The normalized spacial score (nSPS) is 15.0. The lowest BCUT2D eigenvalue weighted by Crippen LogP contribution is -2.40. The van der Waals surface area contributed by atoms with Gasteiger partial charge in [0.15, 0.2) is 0 Å². The molecule has 2 aromatic heterocycles. The van der Waals surface area contributed by atoms with E-state index in [0.717, 1.165) is 49.8 Å². The van der Waals surface area contributed by atoms with Crippen LogP contribution in [0.2, 0.25) is 0 Å². The second-order valence-corrected chi connectivity index (χ2v) is 10.9. The Kier molecular flexibility index (Phi) is 6.06. The van der Waals surface area contributed by atoms with Crippen LogP contribution in [0.4, 0.5) is 5.69 Å². The third-order valence-corrected chi connectivity index (χ3v) is 8.40. The Bertz CT molecular complexity index is 1950. The van der Waals surface area contributed by atoms with Gasteiger partial charge in [-0.2, -0.15) is 0 Å². The second-order valence-electron chi connectivity index (χ2n) is 10.9. The predicted octanol–water partition coefficient (Wildman–Crippen LogP) is 4.73. The first-order valence-electron chi connectivity index (χ1n) is 13.9. The third kappa shape index (κ3) is 4.04. The Hall–Kier alpha value is -5.02. The van der Waals surface area contributed by atoms with Gasteiger partial charge in [0.25, 0.3) is 17.7 Å². The Morgan fingerprint density at radius 2 is 1.74 bits per heavy atom. The molecule has 2 aliphatic rings. The highest BCUT2D eigenvalue weighted by molar-refractivity contribution is 6.21. The van der Waals surface area contributed by atoms with Crippen molar-refractivity contribution in [3.05, 3.63) is 94.3 Å². The molecule has 2 aliphatic heterocycles. The smallest absolute Gasteiger partial charge is 0.258 e. The standard InChI is InChI=1S/C33H29N5O4/c1-18-3-5-22-21(13-18)17-38(33(22)41)28-16-35-15-26(19(28)2)23-7-8-25(31(34)39)30-29(23)24-6-4-20(14-27(24)36-30)32(40)37-9-11-42-12-10-37/h3-8,13-16,36H,9-12,17H2,1-2H3,(H2,34,39). The van der Waals surface area contributed by atoms with Crippen LogP contribution >= 0.6 is 0 Å². The molecule has 0 atom stereocenters. The van der Waals surface area contributed by atoms with Crippen molar-refractivity contribution in [2.45, 2.75) is 20.4 Å². The van der Waals surface area contributed by atoms with Gasteiger partial charge in [-0.1, -0.05) is 29.8 Å². The zero-order chi connectivity index (χ0) is 29.1. The van der Waals surface area contributed by atoms with Crippen LogP contribution in [0.15, 0.2) is 60.9 Å². The van der Waals surface area contributed by atoms with Crippen LogP contribution in [-0.4, -0.2) is 58.9 Å². The molecular formula is C33H29N5O4. The number of hydrogen-bond donors (Lipinski definition) is 2. The number of rotatable bonds is 4. The second kappa shape index (κ2) is 9.81. The van der Waals surface area contributed by atoms with Crippen LogP contribution in [0.25, 0.3) is 32.9 Å². The fourth-order valence-corrected chi connectivity index (χ4v) is 6.23. The van der Waals surface area contributed by atoms with Crippen LogP contribution in [0, 0.1) is 13.8 Å². The van der Waals surface area contributed by atoms with E-state index in [0.29, 0.717) is 55.1 Å². The molecule has 1 saturated heterocycles. The minimum atomic E-state index is -0.554. The highest BCUT2D eigenvalue weighted by Gasteiger charge is 2.30. The van der Waals surface area contributed by atoms with Gasteiger partial charge in [0.05, 0.1) is 42.7 Å². The lowest BCUT2D eigenvalue weighted by atomic mass is 9.94. The summed E-state index contributed by atoms with van der Waals surface area (Å²) in [5, 5.41) is 1.66. The molecule has 42 heavy (non-hydrogen) atoms. The fraction of sp³-hybridized carbons (Fsp3) is 0.212. The van der Waals surface area contributed by atoms with E-state index in [2.05, 4.69) is 16.0 Å². The van der Waals surface area contributed by atoms with Crippen molar-refractivity contribution in [2.75, 3.05) is 31.2 Å². The van der Waals surface area contributed by atoms with Crippen molar-refractivity contribution in [1.29, 1.82) is 0 Å². The van der Waals surface area contributed by atoms with E-state index >= 15 is 0 Å².